The van der Waals surface area contributed by atoms with Crippen molar-refractivity contribution < 1.29 is 9.32 Å². The van der Waals surface area contributed by atoms with Gasteiger partial charge in [-0.2, -0.15) is 0 Å². The normalized spacial score (nSPS) is 13.8. The molecule has 0 aliphatic carbocycles. The van der Waals surface area contributed by atoms with Gasteiger partial charge in [-0.25, -0.2) is 8.93 Å². The quantitative estimate of drug-likeness (QED) is 0.852. The molecule has 0 amide bonds. The van der Waals surface area contributed by atoms with Gasteiger partial charge in [0, 0.05) is 12.1 Å². The van der Waals surface area contributed by atoms with Crippen molar-refractivity contribution in [2.45, 2.75) is 39.0 Å². The molecule has 0 saturated heterocycles. The second-order valence-electron chi connectivity index (χ2n) is 4.83. The Labute approximate surface area is 99.5 Å². The van der Waals surface area contributed by atoms with Crippen LogP contribution < -0.4 is 4.72 Å². The Morgan fingerprint density at radius 3 is 2.56 bits per heavy atom. The van der Waals surface area contributed by atoms with Crippen LogP contribution in [0.25, 0.3) is 0 Å². The van der Waals surface area contributed by atoms with Crippen molar-refractivity contribution in [3.63, 3.8) is 0 Å². The van der Waals surface area contributed by atoms with Crippen molar-refractivity contribution in [1.82, 2.24) is 4.72 Å². The lowest BCUT2D eigenvalue weighted by Crippen LogP contribution is -2.32. The molecule has 1 aromatic carbocycles. The molecular formula is C12H19NO2S. The summed E-state index contributed by atoms with van der Waals surface area (Å²) in [7, 11) is -1.11. The third-order valence-electron chi connectivity index (χ3n) is 2.18. The fourth-order valence-electron chi connectivity index (χ4n) is 1.22. The minimum Gasteiger partial charge on any atom is -0.508 e. The van der Waals surface area contributed by atoms with Gasteiger partial charge in [0.2, 0.25) is 0 Å². The Morgan fingerprint density at radius 2 is 2.00 bits per heavy atom. The molecule has 0 aliphatic rings. The fourth-order valence-corrected chi connectivity index (χ4v) is 1.94. The Bertz CT molecular complexity index is 396. The van der Waals surface area contributed by atoms with Gasteiger partial charge in [-0.05, 0) is 33.8 Å². The minimum absolute atomic E-state index is 0.240. The summed E-state index contributed by atoms with van der Waals surface area (Å²) in [6.07, 6.45) is 0. The lowest BCUT2D eigenvalue weighted by atomic mass is 10.1. The van der Waals surface area contributed by atoms with Crippen LogP contribution in [0.1, 0.15) is 31.9 Å². The number of hydrogen-bond donors (Lipinski definition) is 2. The molecule has 0 spiro atoms. The van der Waals surface area contributed by atoms with Crippen LogP contribution in [0.2, 0.25) is 0 Å². The van der Waals surface area contributed by atoms with E-state index in [-0.39, 0.29) is 10.5 Å². The van der Waals surface area contributed by atoms with Crippen LogP contribution in [0, 0.1) is 6.92 Å². The zero-order valence-corrected chi connectivity index (χ0v) is 11.0. The third kappa shape index (κ3) is 3.61. The van der Waals surface area contributed by atoms with Gasteiger partial charge >= 0.3 is 0 Å². The maximum Gasteiger partial charge on any atom is 0.120 e. The van der Waals surface area contributed by atoms with Crippen molar-refractivity contribution in [2.75, 3.05) is 0 Å². The average molecular weight is 241 g/mol. The molecule has 0 saturated carbocycles. The molecule has 0 unspecified atom stereocenters. The molecule has 0 radical (unpaired) electrons. The van der Waals surface area contributed by atoms with Crippen molar-refractivity contribution in [3.8, 4) is 5.75 Å². The molecular weight excluding hydrogens is 222 g/mol. The highest BCUT2D eigenvalue weighted by Crippen LogP contribution is 2.18. The lowest BCUT2D eigenvalue weighted by molar-refractivity contribution is 0.467. The van der Waals surface area contributed by atoms with E-state index in [2.05, 4.69) is 4.72 Å². The van der Waals surface area contributed by atoms with Crippen LogP contribution in [0.5, 0.6) is 5.75 Å². The number of rotatable bonds is 3. The number of phenolic OH excluding ortho intramolecular Hbond substituents is 1. The van der Waals surface area contributed by atoms with Crippen molar-refractivity contribution in [3.05, 3.63) is 29.3 Å². The number of aromatic hydroxyl groups is 1. The summed E-state index contributed by atoms with van der Waals surface area (Å²) in [4.78, 5) is 0. The molecule has 2 N–H and O–H groups in total. The molecule has 16 heavy (non-hydrogen) atoms. The molecule has 1 aromatic rings. The smallest absolute Gasteiger partial charge is 0.120 e. The minimum atomic E-state index is -1.11. The van der Waals surface area contributed by atoms with Gasteiger partial charge in [0.1, 0.15) is 5.75 Å². The molecule has 1 atom stereocenters. The van der Waals surface area contributed by atoms with Gasteiger partial charge in [0.15, 0.2) is 0 Å². The summed E-state index contributed by atoms with van der Waals surface area (Å²) in [5.41, 5.74) is 1.86. The van der Waals surface area contributed by atoms with Crippen LogP contribution in [0.4, 0.5) is 0 Å². The highest BCUT2D eigenvalue weighted by atomic mass is 32.2. The van der Waals surface area contributed by atoms with Crippen molar-refractivity contribution >= 4 is 11.0 Å². The summed E-state index contributed by atoms with van der Waals surface area (Å²) in [6.45, 7) is 8.10. The van der Waals surface area contributed by atoms with E-state index in [4.69, 9.17) is 0 Å². The molecule has 3 nitrogen and oxygen atoms in total. The van der Waals surface area contributed by atoms with E-state index in [0.717, 1.165) is 11.1 Å². The van der Waals surface area contributed by atoms with Crippen LogP contribution in [-0.2, 0) is 17.5 Å². The Kier molecular flexibility index (Phi) is 4.10. The first-order valence-corrected chi connectivity index (χ1v) is 6.39. The Balaban J connectivity index is 2.68. The average Bonchev–Trinajstić information content (AvgIpc) is 2.17. The fraction of sp³-hybridized carbons (Fsp3) is 0.500. The molecule has 0 aliphatic heterocycles. The number of aryl methyl sites for hydroxylation is 1. The number of phenols is 1. The first-order chi connectivity index (χ1) is 7.30. The van der Waals surface area contributed by atoms with E-state index in [1.807, 2.05) is 39.8 Å². The van der Waals surface area contributed by atoms with Gasteiger partial charge in [0.25, 0.3) is 0 Å². The summed E-state index contributed by atoms with van der Waals surface area (Å²) < 4.78 is 14.4. The number of nitrogens with one attached hydrogen (secondary N) is 1. The van der Waals surface area contributed by atoms with Crippen LogP contribution in [0.3, 0.4) is 0 Å². The monoisotopic (exact) mass is 241 g/mol. The van der Waals surface area contributed by atoms with Gasteiger partial charge in [0.05, 0.1) is 15.7 Å². The molecule has 0 aromatic heterocycles. The first kappa shape index (κ1) is 13.2. The van der Waals surface area contributed by atoms with Gasteiger partial charge in [-0.1, -0.05) is 17.7 Å². The highest BCUT2D eigenvalue weighted by molar-refractivity contribution is 7.84. The van der Waals surface area contributed by atoms with Crippen LogP contribution >= 0.6 is 0 Å². The zero-order valence-electron chi connectivity index (χ0n) is 10.2. The van der Waals surface area contributed by atoms with E-state index in [1.165, 1.54) is 0 Å². The molecule has 0 heterocycles. The Hall–Kier alpha value is -0.870. The largest absolute Gasteiger partial charge is 0.508 e. The summed E-state index contributed by atoms with van der Waals surface area (Å²) in [5, 5.41) is 9.61. The standard InChI is InChI=1S/C12H19NO2S/c1-9-5-6-11(14)10(7-9)8-13-16(15)12(2,3)4/h5-7,13-14H,8H2,1-4H3/t16-/m0/s1. The van der Waals surface area contributed by atoms with Gasteiger partial charge in [-0.3, -0.25) is 0 Å². The Morgan fingerprint density at radius 1 is 1.38 bits per heavy atom. The predicted octanol–water partition coefficient (Wildman–Crippen LogP) is 2.25. The van der Waals surface area contributed by atoms with Crippen LogP contribution in [-0.4, -0.2) is 14.1 Å². The second-order valence-corrected chi connectivity index (χ2v) is 6.89. The first-order valence-electron chi connectivity index (χ1n) is 5.24. The maximum absolute atomic E-state index is 11.8. The molecule has 4 heteroatoms. The van der Waals surface area contributed by atoms with E-state index >= 15 is 0 Å². The van der Waals surface area contributed by atoms with E-state index < -0.39 is 11.0 Å². The summed E-state index contributed by atoms with van der Waals surface area (Å²) in [5.74, 6) is 0.240. The van der Waals surface area contributed by atoms with Crippen LogP contribution in [0.15, 0.2) is 18.2 Å². The second kappa shape index (κ2) is 4.97. The van der Waals surface area contributed by atoms with Gasteiger partial charge < -0.3 is 5.11 Å². The number of benzene rings is 1. The molecule has 0 fully saturated rings. The topological polar surface area (TPSA) is 49.3 Å². The van der Waals surface area contributed by atoms with E-state index in [9.17, 15) is 9.32 Å². The van der Waals surface area contributed by atoms with Crippen molar-refractivity contribution in [1.29, 1.82) is 0 Å². The third-order valence-corrected chi connectivity index (χ3v) is 3.70. The van der Waals surface area contributed by atoms with E-state index in [0.29, 0.717) is 6.54 Å². The van der Waals surface area contributed by atoms with Gasteiger partial charge in [-0.15, -0.1) is 0 Å². The highest BCUT2D eigenvalue weighted by Gasteiger charge is 2.19. The SMILES string of the molecule is Cc1ccc(O)c(CN[S@@](=O)C(C)(C)C)c1. The molecule has 90 valence electrons. The summed E-state index contributed by atoms with van der Waals surface area (Å²) >= 11 is 0. The van der Waals surface area contributed by atoms with Crippen molar-refractivity contribution in [2.24, 2.45) is 0 Å². The molecule has 0 bridgehead atoms. The number of hydrogen-bond acceptors (Lipinski definition) is 2. The molecule has 1 rings (SSSR count). The summed E-state index contributed by atoms with van der Waals surface area (Å²) in [6, 6.07) is 5.40. The van der Waals surface area contributed by atoms with E-state index in [1.54, 1.807) is 6.07 Å². The maximum atomic E-state index is 11.8. The predicted molar refractivity (Wildman–Crippen MR) is 67.6 cm³/mol. The lowest BCUT2D eigenvalue weighted by Gasteiger charge is -2.18. The zero-order chi connectivity index (χ0) is 12.3.